The van der Waals surface area contributed by atoms with Crippen molar-refractivity contribution in [2.24, 2.45) is 0 Å². The van der Waals surface area contributed by atoms with Crippen LogP contribution in [0.1, 0.15) is 29.8 Å². The Kier molecular flexibility index (Phi) is 7.09. The Morgan fingerprint density at radius 1 is 1.16 bits per heavy atom. The molecule has 2 aromatic rings. The smallest absolute Gasteiger partial charge is 0.341 e. The van der Waals surface area contributed by atoms with Crippen molar-refractivity contribution in [3.63, 3.8) is 0 Å². The number of rotatable bonds is 8. The number of ether oxygens (including phenoxy) is 2. The molecular formula is C22H19NO6S2. The number of amides is 1. The second-order valence-corrected chi connectivity index (χ2v) is 8.12. The molecule has 0 aliphatic carbocycles. The number of aliphatic carboxylic acids is 1. The minimum absolute atomic E-state index is 0.100. The van der Waals surface area contributed by atoms with Gasteiger partial charge in [-0.2, -0.15) is 0 Å². The normalized spacial score (nSPS) is 14.8. The topological polar surface area (TPSA) is 93.1 Å². The SMILES string of the molecule is CCOc1cc(/C=C2/SC(=S)N(c3cccc(C(C)=O)c3)C2=O)ccc1OCC(=O)O. The van der Waals surface area contributed by atoms with Crippen molar-refractivity contribution in [1.82, 2.24) is 0 Å². The highest BCUT2D eigenvalue weighted by Crippen LogP contribution is 2.37. The number of nitrogens with zero attached hydrogens (tertiary/aromatic N) is 1. The minimum atomic E-state index is -1.09. The summed E-state index contributed by atoms with van der Waals surface area (Å²) in [6.07, 6.45) is 1.68. The molecule has 1 heterocycles. The van der Waals surface area contributed by atoms with Crippen molar-refractivity contribution in [3.05, 3.63) is 58.5 Å². The lowest BCUT2D eigenvalue weighted by Gasteiger charge is -2.15. The van der Waals surface area contributed by atoms with Crippen LogP contribution in [0.3, 0.4) is 0 Å². The number of benzene rings is 2. The molecule has 0 unspecified atom stereocenters. The van der Waals surface area contributed by atoms with Gasteiger partial charge in [-0.3, -0.25) is 14.5 Å². The van der Waals surface area contributed by atoms with Gasteiger partial charge in [-0.05, 0) is 49.8 Å². The van der Waals surface area contributed by atoms with E-state index in [0.717, 1.165) is 11.8 Å². The van der Waals surface area contributed by atoms with E-state index in [1.165, 1.54) is 11.8 Å². The molecule has 0 saturated carbocycles. The van der Waals surface area contributed by atoms with Crippen LogP contribution in [0.2, 0.25) is 0 Å². The maximum absolute atomic E-state index is 13.0. The predicted octanol–water partition coefficient (Wildman–Crippen LogP) is 4.16. The first kappa shape index (κ1) is 22.5. The summed E-state index contributed by atoms with van der Waals surface area (Å²) in [5.41, 5.74) is 1.70. The summed E-state index contributed by atoms with van der Waals surface area (Å²) in [5, 5.41) is 8.81. The summed E-state index contributed by atoms with van der Waals surface area (Å²) in [5.74, 6) is -0.808. The number of carbonyl (C=O) groups excluding carboxylic acids is 2. The first-order chi connectivity index (χ1) is 14.8. The van der Waals surface area contributed by atoms with Crippen molar-refractivity contribution in [1.29, 1.82) is 0 Å². The number of thioether (sulfide) groups is 1. The third-order valence-electron chi connectivity index (χ3n) is 4.22. The highest BCUT2D eigenvalue weighted by atomic mass is 32.2. The van der Waals surface area contributed by atoms with Gasteiger partial charge in [0.15, 0.2) is 28.2 Å². The number of carbonyl (C=O) groups is 3. The third-order valence-corrected chi connectivity index (χ3v) is 5.52. The first-order valence-electron chi connectivity index (χ1n) is 9.30. The van der Waals surface area contributed by atoms with Crippen molar-refractivity contribution >= 4 is 57.7 Å². The zero-order valence-electron chi connectivity index (χ0n) is 16.8. The van der Waals surface area contributed by atoms with Gasteiger partial charge in [0.1, 0.15) is 0 Å². The molecule has 2 aromatic carbocycles. The standard InChI is InChI=1S/C22H19NO6S2/c1-3-28-18-9-14(7-8-17(18)29-12-20(25)26)10-19-21(27)23(22(30)31-19)16-6-4-5-15(11-16)13(2)24/h4-11H,3,12H2,1-2H3,(H,25,26)/b19-10+. The third kappa shape index (κ3) is 5.31. The summed E-state index contributed by atoms with van der Waals surface area (Å²) >= 11 is 6.55. The Bertz CT molecular complexity index is 1100. The van der Waals surface area contributed by atoms with Gasteiger partial charge in [-0.1, -0.05) is 42.2 Å². The summed E-state index contributed by atoms with van der Waals surface area (Å²) in [6.45, 7) is 3.13. The van der Waals surface area contributed by atoms with E-state index in [4.69, 9.17) is 26.8 Å². The summed E-state index contributed by atoms with van der Waals surface area (Å²) in [4.78, 5) is 37.2. The van der Waals surface area contributed by atoms with Crippen LogP contribution in [0.4, 0.5) is 5.69 Å². The molecule has 160 valence electrons. The van der Waals surface area contributed by atoms with Gasteiger partial charge in [-0.15, -0.1) is 0 Å². The monoisotopic (exact) mass is 457 g/mol. The molecule has 0 aromatic heterocycles. The Morgan fingerprint density at radius 3 is 2.61 bits per heavy atom. The quantitative estimate of drug-likeness (QED) is 0.359. The second kappa shape index (κ2) is 9.76. The molecule has 3 rings (SSSR count). The zero-order chi connectivity index (χ0) is 22.5. The van der Waals surface area contributed by atoms with E-state index in [-0.39, 0.29) is 11.7 Å². The lowest BCUT2D eigenvalue weighted by atomic mass is 10.1. The average molecular weight is 458 g/mol. The van der Waals surface area contributed by atoms with Gasteiger partial charge in [-0.25, -0.2) is 4.79 Å². The van der Waals surface area contributed by atoms with Crippen molar-refractivity contribution in [2.45, 2.75) is 13.8 Å². The van der Waals surface area contributed by atoms with Gasteiger partial charge in [0.05, 0.1) is 17.2 Å². The molecule has 1 amide bonds. The van der Waals surface area contributed by atoms with Crippen LogP contribution in [-0.4, -0.2) is 40.3 Å². The number of ketones is 1. The van der Waals surface area contributed by atoms with Crippen LogP contribution in [0, 0.1) is 0 Å². The van der Waals surface area contributed by atoms with Crippen LogP contribution >= 0.6 is 24.0 Å². The Hall–Kier alpha value is -3.17. The van der Waals surface area contributed by atoms with Crippen molar-refractivity contribution in [2.75, 3.05) is 18.1 Å². The van der Waals surface area contributed by atoms with E-state index in [0.29, 0.717) is 44.1 Å². The fourth-order valence-corrected chi connectivity index (χ4v) is 4.15. The number of thiocarbonyl (C=S) groups is 1. The fourth-order valence-electron chi connectivity index (χ4n) is 2.85. The van der Waals surface area contributed by atoms with Crippen molar-refractivity contribution < 1.29 is 29.0 Å². The van der Waals surface area contributed by atoms with E-state index in [1.54, 1.807) is 55.5 Å². The maximum Gasteiger partial charge on any atom is 0.341 e. The molecule has 1 aliphatic heterocycles. The fraction of sp³-hybridized carbons (Fsp3) is 0.182. The van der Waals surface area contributed by atoms with Gasteiger partial charge >= 0.3 is 5.97 Å². The molecule has 0 bridgehead atoms. The number of anilines is 1. The van der Waals surface area contributed by atoms with Crippen LogP contribution in [0.15, 0.2) is 47.4 Å². The Morgan fingerprint density at radius 2 is 1.94 bits per heavy atom. The van der Waals surface area contributed by atoms with Crippen LogP contribution in [0.25, 0.3) is 6.08 Å². The second-order valence-electron chi connectivity index (χ2n) is 6.45. The number of hydrogen-bond donors (Lipinski definition) is 1. The number of carboxylic acid groups (broad SMARTS) is 1. The zero-order valence-corrected chi connectivity index (χ0v) is 18.4. The molecule has 1 aliphatic rings. The number of hydrogen-bond acceptors (Lipinski definition) is 7. The molecule has 1 N–H and O–H groups in total. The maximum atomic E-state index is 13.0. The highest BCUT2D eigenvalue weighted by molar-refractivity contribution is 8.27. The van der Waals surface area contributed by atoms with Crippen LogP contribution < -0.4 is 14.4 Å². The lowest BCUT2D eigenvalue weighted by Crippen LogP contribution is -2.27. The van der Waals surface area contributed by atoms with Gasteiger partial charge in [0, 0.05) is 5.56 Å². The largest absolute Gasteiger partial charge is 0.490 e. The average Bonchev–Trinajstić information content (AvgIpc) is 3.00. The first-order valence-corrected chi connectivity index (χ1v) is 10.5. The minimum Gasteiger partial charge on any atom is -0.490 e. The summed E-state index contributed by atoms with van der Waals surface area (Å²) in [7, 11) is 0. The summed E-state index contributed by atoms with van der Waals surface area (Å²) < 4.78 is 11.2. The molecule has 0 spiro atoms. The molecule has 31 heavy (non-hydrogen) atoms. The van der Waals surface area contributed by atoms with Crippen LogP contribution in [0.5, 0.6) is 11.5 Å². The Balaban J connectivity index is 1.88. The molecule has 0 radical (unpaired) electrons. The van der Waals surface area contributed by atoms with Crippen LogP contribution in [-0.2, 0) is 9.59 Å². The van der Waals surface area contributed by atoms with Crippen molar-refractivity contribution in [3.8, 4) is 11.5 Å². The Labute approximate surface area is 188 Å². The van der Waals surface area contributed by atoms with E-state index < -0.39 is 12.6 Å². The summed E-state index contributed by atoms with van der Waals surface area (Å²) in [6, 6.07) is 11.7. The predicted molar refractivity (Wildman–Crippen MR) is 123 cm³/mol. The molecule has 1 saturated heterocycles. The number of carboxylic acids is 1. The van der Waals surface area contributed by atoms with Gasteiger partial charge in [0.25, 0.3) is 5.91 Å². The molecule has 9 heteroatoms. The lowest BCUT2D eigenvalue weighted by molar-refractivity contribution is -0.139. The highest BCUT2D eigenvalue weighted by Gasteiger charge is 2.33. The van der Waals surface area contributed by atoms with E-state index in [9.17, 15) is 14.4 Å². The molecule has 0 atom stereocenters. The molecule has 1 fully saturated rings. The van der Waals surface area contributed by atoms with E-state index in [1.807, 2.05) is 0 Å². The van der Waals surface area contributed by atoms with E-state index >= 15 is 0 Å². The molecule has 7 nitrogen and oxygen atoms in total. The van der Waals surface area contributed by atoms with Gasteiger partial charge in [0.2, 0.25) is 0 Å². The number of Topliss-reactive ketones (excluding diaryl/α,β-unsaturated/α-hetero) is 1. The van der Waals surface area contributed by atoms with E-state index in [2.05, 4.69) is 0 Å². The van der Waals surface area contributed by atoms with Gasteiger partial charge < -0.3 is 14.6 Å². The molecular weight excluding hydrogens is 438 g/mol.